The fourth-order valence-electron chi connectivity index (χ4n) is 1.88. The highest BCUT2D eigenvalue weighted by atomic mass is 16.5. The Morgan fingerprint density at radius 3 is 2.67 bits per heavy atom. The van der Waals surface area contributed by atoms with Gasteiger partial charge < -0.3 is 30.5 Å². The summed E-state index contributed by atoms with van der Waals surface area (Å²) in [6, 6.07) is -0.942. The Hall–Kier alpha value is -1.33. The first kappa shape index (κ1) is 17.7. The van der Waals surface area contributed by atoms with Crippen LogP contribution in [0.5, 0.6) is 0 Å². The van der Waals surface area contributed by atoms with E-state index in [1.165, 1.54) is 0 Å². The van der Waals surface area contributed by atoms with Crippen molar-refractivity contribution in [1.82, 2.24) is 10.3 Å². The summed E-state index contributed by atoms with van der Waals surface area (Å²) in [6.07, 6.45) is -6.06. The van der Waals surface area contributed by atoms with Crippen LogP contribution in [0.1, 0.15) is 19.8 Å². The van der Waals surface area contributed by atoms with Gasteiger partial charge in [-0.1, -0.05) is 13.3 Å². The normalized spacial score (nSPS) is 30.5. The molecule has 1 aliphatic heterocycles. The minimum Gasteiger partial charge on any atom is -0.388 e. The molecule has 2 amide bonds. The van der Waals surface area contributed by atoms with Crippen LogP contribution in [0, 0.1) is 4.91 Å². The van der Waals surface area contributed by atoms with Gasteiger partial charge >= 0.3 is 6.03 Å². The number of nitrogens with one attached hydrogen (secondary N) is 1. The third-order valence-electron chi connectivity index (χ3n) is 3.18. The van der Waals surface area contributed by atoms with Crippen molar-refractivity contribution in [2.75, 3.05) is 13.2 Å². The molecule has 1 unspecified atom stereocenters. The maximum absolute atomic E-state index is 11.7. The average Bonchev–Trinajstić information content (AvgIpc) is 2.45. The maximum atomic E-state index is 11.7. The molecular formula is C11H21N3O7. The van der Waals surface area contributed by atoms with E-state index < -0.39 is 36.7 Å². The van der Waals surface area contributed by atoms with Crippen LogP contribution >= 0.6 is 0 Å². The van der Waals surface area contributed by atoms with Crippen LogP contribution < -0.4 is 5.32 Å². The third kappa shape index (κ3) is 4.58. The van der Waals surface area contributed by atoms with Crippen molar-refractivity contribution in [3.63, 3.8) is 0 Å². The largest absolute Gasteiger partial charge is 0.388 e. The highest BCUT2D eigenvalue weighted by Crippen LogP contribution is 2.17. The molecule has 1 heterocycles. The molecule has 21 heavy (non-hydrogen) atoms. The Morgan fingerprint density at radius 1 is 1.43 bits per heavy atom. The summed E-state index contributed by atoms with van der Waals surface area (Å²) >= 11 is 0. The molecule has 0 spiro atoms. The van der Waals surface area contributed by atoms with Crippen molar-refractivity contribution >= 4 is 6.03 Å². The van der Waals surface area contributed by atoms with Crippen molar-refractivity contribution in [2.45, 2.75) is 50.4 Å². The lowest BCUT2D eigenvalue weighted by Gasteiger charge is -2.37. The lowest BCUT2D eigenvalue weighted by Crippen LogP contribution is -2.61. The van der Waals surface area contributed by atoms with Gasteiger partial charge in [0, 0.05) is 6.54 Å². The molecule has 0 aromatic carbocycles. The lowest BCUT2D eigenvalue weighted by atomic mass is 9.99. The molecule has 5 atom stereocenters. The molecule has 0 radical (unpaired) electrons. The fourth-order valence-corrected chi connectivity index (χ4v) is 1.88. The number of carbonyl (C=O) groups is 1. The number of hydrogen-bond acceptors (Lipinski definition) is 8. The zero-order valence-electron chi connectivity index (χ0n) is 11.6. The van der Waals surface area contributed by atoms with Crippen LogP contribution in [0.25, 0.3) is 0 Å². The van der Waals surface area contributed by atoms with E-state index in [2.05, 4.69) is 5.29 Å². The van der Waals surface area contributed by atoms with Gasteiger partial charge in [-0.2, -0.15) is 5.01 Å². The quantitative estimate of drug-likeness (QED) is 0.222. The second-order valence-electron chi connectivity index (χ2n) is 4.80. The number of aliphatic hydroxyl groups is 4. The molecule has 10 nitrogen and oxygen atoms in total. The lowest BCUT2D eigenvalue weighted by molar-refractivity contribution is -0.213. The first-order chi connectivity index (χ1) is 9.92. The van der Waals surface area contributed by atoms with Crippen molar-refractivity contribution < 1.29 is 30.0 Å². The van der Waals surface area contributed by atoms with E-state index >= 15 is 0 Å². The first-order valence-electron chi connectivity index (χ1n) is 6.67. The molecule has 0 aromatic heterocycles. The van der Waals surface area contributed by atoms with E-state index in [-0.39, 0.29) is 13.2 Å². The SMILES string of the molecule is CCCCN(N=O)C(=O)NC(O)[C@H]1OC[C@H](O)[C@@H](O)[C@@H]1O. The number of unbranched alkanes of at least 4 members (excludes halogenated alkanes) is 1. The monoisotopic (exact) mass is 307 g/mol. The van der Waals surface area contributed by atoms with E-state index in [1.807, 2.05) is 12.2 Å². The van der Waals surface area contributed by atoms with E-state index in [1.54, 1.807) is 0 Å². The minimum atomic E-state index is -1.67. The standard InChI is InChI=1S/C11H21N3O7/c1-2-3-4-14(13-20)11(19)12-10(18)9-8(17)7(16)6(15)5-21-9/h6-10,15-18H,2-5H2,1H3,(H,12,19)/t6-,7+,8-,9-,10?/m0/s1. The number of hydrogen-bond donors (Lipinski definition) is 5. The van der Waals surface area contributed by atoms with Crippen molar-refractivity contribution in [3.8, 4) is 0 Å². The molecule has 0 bridgehead atoms. The van der Waals surface area contributed by atoms with Gasteiger partial charge in [0.1, 0.15) is 24.4 Å². The number of urea groups is 1. The second kappa shape index (κ2) is 8.20. The van der Waals surface area contributed by atoms with Gasteiger partial charge in [0.15, 0.2) is 6.23 Å². The van der Waals surface area contributed by atoms with Gasteiger partial charge in [0.2, 0.25) is 0 Å². The number of rotatable bonds is 6. The van der Waals surface area contributed by atoms with Crippen molar-refractivity contribution in [3.05, 3.63) is 4.91 Å². The number of nitroso groups, excluding NO2 is 1. The molecule has 122 valence electrons. The Morgan fingerprint density at radius 2 is 2.10 bits per heavy atom. The zero-order valence-corrected chi connectivity index (χ0v) is 11.6. The van der Waals surface area contributed by atoms with Crippen molar-refractivity contribution in [2.24, 2.45) is 5.29 Å². The molecule has 0 aliphatic carbocycles. The van der Waals surface area contributed by atoms with E-state index in [9.17, 15) is 30.1 Å². The van der Waals surface area contributed by atoms with Crippen LogP contribution in [0.15, 0.2) is 5.29 Å². The molecule has 1 aliphatic rings. The summed E-state index contributed by atoms with van der Waals surface area (Å²) in [7, 11) is 0. The molecule has 1 saturated heterocycles. The predicted molar refractivity (Wildman–Crippen MR) is 69.7 cm³/mol. The summed E-state index contributed by atoms with van der Waals surface area (Å²) in [4.78, 5) is 22.2. The van der Waals surface area contributed by atoms with Crippen molar-refractivity contribution in [1.29, 1.82) is 0 Å². The number of nitrogens with zero attached hydrogens (tertiary/aromatic N) is 2. The van der Waals surface area contributed by atoms with Crippen LogP contribution in [0.2, 0.25) is 0 Å². The predicted octanol–water partition coefficient (Wildman–Crippen LogP) is -1.72. The van der Waals surface area contributed by atoms with E-state index in [0.29, 0.717) is 11.4 Å². The molecule has 5 N–H and O–H groups in total. The van der Waals surface area contributed by atoms with Gasteiger partial charge in [0.25, 0.3) is 0 Å². The van der Waals surface area contributed by atoms with Gasteiger partial charge in [-0.3, -0.25) is 0 Å². The second-order valence-corrected chi connectivity index (χ2v) is 4.80. The number of aliphatic hydroxyl groups excluding tert-OH is 4. The topological polar surface area (TPSA) is 152 Å². The summed E-state index contributed by atoms with van der Waals surface area (Å²) in [6.45, 7) is 1.66. The Bertz CT molecular complexity index is 357. The molecule has 10 heteroatoms. The zero-order chi connectivity index (χ0) is 16.0. The summed E-state index contributed by atoms with van der Waals surface area (Å²) in [5, 5.41) is 43.5. The third-order valence-corrected chi connectivity index (χ3v) is 3.18. The highest BCUT2D eigenvalue weighted by Gasteiger charge is 2.41. The minimum absolute atomic E-state index is 0.0912. The van der Waals surface area contributed by atoms with Crippen LogP contribution in [0.3, 0.4) is 0 Å². The van der Waals surface area contributed by atoms with Gasteiger partial charge in [-0.05, 0) is 6.42 Å². The smallest absolute Gasteiger partial charge is 0.342 e. The molecule has 1 rings (SSSR count). The first-order valence-corrected chi connectivity index (χ1v) is 6.67. The molecule has 0 aromatic rings. The van der Waals surface area contributed by atoms with Gasteiger partial charge in [-0.25, -0.2) is 4.79 Å². The van der Waals surface area contributed by atoms with E-state index in [4.69, 9.17) is 4.74 Å². The van der Waals surface area contributed by atoms with E-state index in [0.717, 1.165) is 6.42 Å². The maximum Gasteiger partial charge on any atom is 0.342 e. The van der Waals surface area contributed by atoms with Gasteiger partial charge in [-0.15, -0.1) is 4.91 Å². The summed E-state index contributed by atoms with van der Waals surface area (Å²) < 4.78 is 4.98. The average molecular weight is 307 g/mol. The Labute approximate surface area is 121 Å². The Kier molecular flexibility index (Phi) is 6.92. The Balaban J connectivity index is 2.57. The summed E-state index contributed by atoms with van der Waals surface area (Å²) in [5.41, 5.74) is 0. The highest BCUT2D eigenvalue weighted by molar-refractivity contribution is 5.73. The van der Waals surface area contributed by atoms with Crippen LogP contribution in [-0.4, -0.2) is 75.3 Å². The number of amides is 2. The van der Waals surface area contributed by atoms with Crippen LogP contribution in [-0.2, 0) is 4.74 Å². The van der Waals surface area contributed by atoms with Crippen LogP contribution in [0.4, 0.5) is 4.79 Å². The van der Waals surface area contributed by atoms with Gasteiger partial charge in [0.05, 0.1) is 11.9 Å². The summed E-state index contributed by atoms with van der Waals surface area (Å²) in [5.74, 6) is 0. The molecule has 0 saturated carbocycles. The number of carbonyl (C=O) groups excluding carboxylic acids is 1. The fraction of sp³-hybridized carbons (Fsp3) is 0.909. The number of ether oxygens (including phenoxy) is 1. The molecule has 1 fully saturated rings. The molecular weight excluding hydrogens is 286 g/mol.